The number of amides is 7. The second-order valence-electron chi connectivity index (χ2n) is 16.5. The standard InChI is InChI=1S/C45H54N12O16/c46-15-22-72-23-18-49-39(62)31-8-3-19-53(44(67)28-6-1-9-35(58)50-28)20-4-16-47-37(60)26-11-13-32(56(70)42(26)65)40(63)51-29-24-73-25-30(29)52-41(64)33-14-12-27(43(66)57(33)71)38(61)48-17-5-21-54(31)45(68)34-7-2-10-36(59)55(34)69/h1-2,6-7,9-14,29-31,69-71H,3-5,8,15-25,46H2,(H,47,60)(H,48,61)(H,49,62)(H,50,58)(H,51,63)(H,52,64)/t29-,30+,31?/m1/s1. The van der Waals surface area contributed by atoms with Crippen LogP contribution in [0.5, 0.6) is 0 Å². The molecule has 4 bridgehead atoms. The Kier molecular flexibility index (Phi) is 18.4. The summed E-state index contributed by atoms with van der Waals surface area (Å²) in [6.07, 6.45) is -0.283. The van der Waals surface area contributed by atoms with E-state index in [0.29, 0.717) is 0 Å². The average molecular weight is 1020 g/mol. The van der Waals surface area contributed by atoms with Gasteiger partial charge in [-0.15, -0.1) is 14.2 Å². The summed E-state index contributed by atoms with van der Waals surface area (Å²) in [5.41, 5.74) is -1.66. The Labute approximate surface area is 412 Å². The SMILES string of the molecule is NCCOCCNC(=O)C1CCCN(C(=O)c2cccc(=O)[nH]2)CCCNC(=O)c2ccc(n(O)c2=O)C(=O)N[C@@H]2COC[C@@H]2NC(=O)c2ccc(c(=O)n2O)C(=O)NCCCN1C(=O)c1cccc(=O)n1O. The largest absolute Gasteiger partial charge is 0.425 e. The van der Waals surface area contributed by atoms with Crippen molar-refractivity contribution in [1.29, 1.82) is 0 Å². The number of pyridine rings is 4. The number of nitrogens with two attached hydrogens (primary N) is 1. The molecule has 4 aliphatic rings. The van der Waals surface area contributed by atoms with Crippen molar-refractivity contribution in [3.8, 4) is 0 Å². The molecule has 0 spiro atoms. The fourth-order valence-electron chi connectivity index (χ4n) is 7.88. The number of aromatic nitrogens is 4. The van der Waals surface area contributed by atoms with E-state index in [1.807, 2.05) is 0 Å². The predicted molar refractivity (Wildman–Crippen MR) is 251 cm³/mol. The van der Waals surface area contributed by atoms with Gasteiger partial charge in [0.2, 0.25) is 11.5 Å². The number of carbonyl (C=O) groups excluding carboxylic acids is 7. The first-order valence-corrected chi connectivity index (χ1v) is 22.9. The van der Waals surface area contributed by atoms with E-state index in [1.165, 1.54) is 29.2 Å². The molecule has 390 valence electrons. The summed E-state index contributed by atoms with van der Waals surface area (Å²) in [5.74, 6) is -6.39. The van der Waals surface area contributed by atoms with Gasteiger partial charge >= 0.3 is 0 Å². The van der Waals surface area contributed by atoms with E-state index >= 15 is 0 Å². The molecule has 28 heteroatoms. The number of fused-ring (bicyclic) bond motifs is 2. The van der Waals surface area contributed by atoms with Crippen LogP contribution in [0.15, 0.2) is 79.8 Å². The van der Waals surface area contributed by atoms with Gasteiger partial charge in [-0.1, -0.05) is 12.1 Å². The fraction of sp³-hybridized carbons (Fsp3) is 0.400. The predicted octanol–water partition coefficient (Wildman–Crippen LogP) is -3.72. The second-order valence-corrected chi connectivity index (χ2v) is 16.5. The van der Waals surface area contributed by atoms with Crippen molar-refractivity contribution in [3.05, 3.63) is 136 Å². The van der Waals surface area contributed by atoms with Gasteiger partial charge in [0.1, 0.15) is 39.9 Å². The van der Waals surface area contributed by atoms with Crippen molar-refractivity contribution in [2.24, 2.45) is 5.73 Å². The van der Waals surface area contributed by atoms with Crippen LogP contribution in [-0.4, -0.2) is 176 Å². The molecule has 73 heavy (non-hydrogen) atoms. The molecule has 4 aromatic heterocycles. The number of ether oxygens (including phenoxy) is 2. The van der Waals surface area contributed by atoms with Crippen LogP contribution >= 0.6 is 0 Å². The Morgan fingerprint density at radius 1 is 0.671 bits per heavy atom. The van der Waals surface area contributed by atoms with Crippen molar-refractivity contribution >= 4 is 41.4 Å². The minimum Gasteiger partial charge on any atom is -0.425 e. The molecular formula is C45H54N12O16. The Bertz CT molecular complexity index is 2970. The maximum Gasteiger partial charge on any atom is 0.296 e. The summed E-state index contributed by atoms with van der Waals surface area (Å²) in [7, 11) is 0. The molecule has 11 N–H and O–H groups in total. The molecule has 7 amide bonds. The van der Waals surface area contributed by atoms with Crippen molar-refractivity contribution in [1.82, 2.24) is 55.6 Å². The Balaban J connectivity index is 1.34. The van der Waals surface area contributed by atoms with Crippen LogP contribution in [0.2, 0.25) is 0 Å². The number of carbonyl (C=O) groups is 7. The van der Waals surface area contributed by atoms with Crippen LogP contribution < -0.4 is 54.6 Å². The maximum absolute atomic E-state index is 14.4. The molecule has 8 heterocycles. The molecule has 8 rings (SSSR count). The number of nitrogens with zero attached hydrogens (tertiary/aromatic N) is 5. The summed E-state index contributed by atoms with van der Waals surface area (Å²) >= 11 is 0. The molecular weight excluding hydrogens is 965 g/mol. The monoisotopic (exact) mass is 1020 g/mol. The van der Waals surface area contributed by atoms with Gasteiger partial charge in [0.25, 0.3) is 52.1 Å². The first-order chi connectivity index (χ1) is 35.0. The lowest BCUT2D eigenvalue weighted by Gasteiger charge is -2.32. The third kappa shape index (κ3) is 13.2. The van der Waals surface area contributed by atoms with Gasteiger partial charge in [-0.3, -0.25) is 52.7 Å². The topological polar surface area (TPSA) is 390 Å². The summed E-state index contributed by atoms with van der Waals surface area (Å²) in [4.78, 5) is 152. The molecule has 1 fully saturated rings. The number of nitrogens with one attached hydrogen (secondary N) is 6. The fourth-order valence-corrected chi connectivity index (χ4v) is 7.88. The van der Waals surface area contributed by atoms with Crippen LogP contribution in [0.1, 0.15) is 88.4 Å². The highest BCUT2D eigenvalue weighted by atomic mass is 16.5. The van der Waals surface area contributed by atoms with Crippen LogP contribution in [0.3, 0.4) is 0 Å². The van der Waals surface area contributed by atoms with Gasteiger partial charge < -0.3 is 72.2 Å². The highest BCUT2D eigenvalue weighted by molar-refractivity contribution is 5.98. The van der Waals surface area contributed by atoms with Crippen molar-refractivity contribution in [2.75, 3.05) is 72.2 Å². The minimum absolute atomic E-state index is 0.0222. The molecule has 4 aromatic rings. The van der Waals surface area contributed by atoms with E-state index < -0.39 is 110 Å². The number of hydrogen-bond acceptors (Lipinski definition) is 17. The lowest BCUT2D eigenvalue weighted by Crippen LogP contribution is -2.52. The minimum atomic E-state index is -1.40. The number of rotatable bonds is 8. The highest BCUT2D eigenvalue weighted by Gasteiger charge is 2.35. The van der Waals surface area contributed by atoms with Crippen LogP contribution in [0.25, 0.3) is 0 Å². The van der Waals surface area contributed by atoms with E-state index in [1.54, 1.807) is 0 Å². The van der Waals surface area contributed by atoms with Gasteiger partial charge in [-0.25, -0.2) is 0 Å². The molecule has 3 atom stereocenters. The third-order valence-electron chi connectivity index (χ3n) is 11.6. The molecule has 0 aliphatic carbocycles. The van der Waals surface area contributed by atoms with Crippen LogP contribution in [0, 0.1) is 0 Å². The van der Waals surface area contributed by atoms with Crippen molar-refractivity contribution < 1.29 is 58.7 Å². The zero-order chi connectivity index (χ0) is 52.8. The summed E-state index contributed by atoms with van der Waals surface area (Å²) in [6.45, 7) is -0.956. The second kappa shape index (κ2) is 25.0. The van der Waals surface area contributed by atoms with Crippen molar-refractivity contribution in [3.63, 3.8) is 0 Å². The van der Waals surface area contributed by atoms with E-state index in [2.05, 4.69) is 31.6 Å². The van der Waals surface area contributed by atoms with Crippen LogP contribution in [-0.2, 0) is 14.3 Å². The first kappa shape index (κ1) is 53.7. The lowest BCUT2D eigenvalue weighted by atomic mass is 10.1. The van der Waals surface area contributed by atoms with E-state index in [4.69, 9.17) is 15.2 Å². The zero-order valence-corrected chi connectivity index (χ0v) is 39.1. The normalized spacial score (nSPS) is 18.7. The number of aromatic amines is 1. The molecule has 1 unspecified atom stereocenters. The zero-order valence-electron chi connectivity index (χ0n) is 39.1. The van der Waals surface area contributed by atoms with E-state index in [9.17, 15) is 68.4 Å². The smallest absolute Gasteiger partial charge is 0.296 e. The van der Waals surface area contributed by atoms with Gasteiger partial charge in [0.05, 0.1) is 38.5 Å². The lowest BCUT2D eigenvalue weighted by molar-refractivity contribution is -0.126. The maximum atomic E-state index is 14.4. The quantitative estimate of drug-likeness (QED) is 0.0599. The van der Waals surface area contributed by atoms with Gasteiger partial charge in [-0.2, -0.15) is 0 Å². The Morgan fingerprint density at radius 3 is 1.84 bits per heavy atom. The number of hydrogen-bond donors (Lipinski definition) is 10. The molecule has 0 saturated carbocycles. The highest BCUT2D eigenvalue weighted by Crippen LogP contribution is 2.16. The third-order valence-corrected chi connectivity index (χ3v) is 11.6. The van der Waals surface area contributed by atoms with Gasteiger partial charge in [0.15, 0.2) is 0 Å². The van der Waals surface area contributed by atoms with Crippen LogP contribution in [0.4, 0.5) is 0 Å². The average Bonchev–Trinajstić information content (AvgIpc) is 3.80. The Morgan fingerprint density at radius 2 is 1.25 bits per heavy atom. The van der Waals surface area contributed by atoms with E-state index in [-0.39, 0.29) is 118 Å². The summed E-state index contributed by atoms with van der Waals surface area (Å²) in [6, 6.07) is 7.82. The molecule has 28 nitrogen and oxygen atoms in total. The molecule has 4 aliphatic heterocycles. The first-order valence-electron chi connectivity index (χ1n) is 22.9. The van der Waals surface area contributed by atoms with Gasteiger partial charge in [-0.05, 0) is 62.1 Å². The summed E-state index contributed by atoms with van der Waals surface area (Å²) < 4.78 is 10.8. The van der Waals surface area contributed by atoms with Crippen molar-refractivity contribution in [2.45, 2.75) is 43.8 Å². The van der Waals surface area contributed by atoms with Gasteiger partial charge in [0, 0.05) is 57.9 Å². The molecule has 0 radical (unpaired) electrons. The van der Waals surface area contributed by atoms with E-state index in [0.717, 1.165) is 41.3 Å². The molecule has 0 aromatic carbocycles. The number of H-pyrrole nitrogens is 1. The summed E-state index contributed by atoms with van der Waals surface area (Å²) in [5, 5.41) is 44.9. The molecule has 1 saturated heterocycles. The Hall–Kier alpha value is -8.63.